The van der Waals surface area contributed by atoms with Gasteiger partial charge in [-0.2, -0.15) is 0 Å². The number of nitrogens with zero attached hydrogens (tertiary/aromatic N) is 1. The third-order valence-electron chi connectivity index (χ3n) is 3.64. The summed E-state index contributed by atoms with van der Waals surface area (Å²) in [4.78, 5) is 2.67. The highest BCUT2D eigenvalue weighted by Gasteiger charge is 2.29. The fourth-order valence-electron chi connectivity index (χ4n) is 2.88. The molecule has 0 aromatic heterocycles. The molecule has 0 saturated carbocycles. The normalized spacial score (nSPS) is 31.6. The van der Waals surface area contributed by atoms with Crippen LogP contribution in [0.3, 0.4) is 0 Å². The summed E-state index contributed by atoms with van der Waals surface area (Å²) in [6.07, 6.45) is 14.6. The van der Waals surface area contributed by atoms with Crippen molar-refractivity contribution < 1.29 is 0 Å². The molecule has 0 aromatic rings. The molecule has 1 nitrogen and oxygen atoms in total. The summed E-state index contributed by atoms with van der Waals surface area (Å²) in [5.74, 6) is 0. The van der Waals surface area contributed by atoms with Crippen LogP contribution in [0.15, 0.2) is 35.5 Å². The summed E-state index contributed by atoms with van der Waals surface area (Å²) in [6.45, 7) is 2.62. The van der Waals surface area contributed by atoms with Gasteiger partial charge >= 0.3 is 0 Å². The van der Waals surface area contributed by atoms with E-state index in [1.165, 1.54) is 44.3 Å². The van der Waals surface area contributed by atoms with Crippen molar-refractivity contribution >= 4 is 0 Å². The fraction of sp³-hybridized carbons (Fsp3) is 0.538. The van der Waals surface area contributed by atoms with Gasteiger partial charge in [-0.05, 0) is 43.5 Å². The average Bonchev–Trinajstić information content (AvgIpc) is 2.79. The topological polar surface area (TPSA) is 3.24 Å². The molecule has 0 bridgehead atoms. The Kier molecular flexibility index (Phi) is 2.06. The van der Waals surface area contributed by atoms with Gasteiger partial charge in [0.2, 0.25) is 0 Å². The summed E-state index contributed by atoms with van der Waals surface area (Å²) in [5, 5.41) is 0. The molecule has 0 radical (unpaired) electrons. The minimum Gasteiger partial charge on any atom is -0.296 e. The fourth-order valence-corrected chi connectivity index (χ4v) is 2.88. The Morgan fingerprint density at radius 2 is 2.00 bits per heavy atom. The van der Waals surface area contributed by atoms with E-state index < -0.39 is 0 Å². The largest absolute Gasteiger partial charge is 0.296 e. The maximum absolute atomic E-state index is 2.67. The van der Waals surface area contributed by atoms with Crippen LogP contribution in [-0.2, 0) is 0 Å². The van der Waals surface area contributed by atoms with Gasteiger partial charge in [0.05, 0.1) is 0 Å². The van der Waals surface area contributed by atoms with E-state index in [0.29, 0.717) is 6.04 Å². The predicted octanol–water partition coefficient (Wildman–Crippen LogP) is 2.67. The van der Waals surface area contributed by atoms with Crippen LogP contribution in [0, 0.1) is 0 Å². The Bertz CT molecular complexity index is 316. The van der Waals surface area contributed by atoms with Crippen LogP contribution in [0.1, 0.15) is 25.7 Å². The molecule has 1 unspecified atom stereocenters. The molecular formula is C13H17N. The number of likely N-dealkylation sites (tertiary alicyclic amines) is 1. The molecule has 1 atom stereocenters. The lowest BCUT2D eigenvalue weighted by atomic mass is 10.0. The number of hydrogen-bond donors (Lipinski definition) is 0. The zero-order valence-corrected chi connectivity index (χ0v) is 8.58. The van der Waals surface area contributed by atoms with Gasteiger partial charge in [-0.15, -0.1) is 0 Å². The molecule has 0 N–H and O–H groups in total. The van der Waals surface area contributed by atoms with E-state index in [9.17, 15) is 0 Å². The second kappa shape index (κ2) is 3.39. The van der Waals surface area contributed by atoms with E-state index >= 15 is 0 Å². The van der Waals surface area contributed by atoms with Crippen molar-refractivity contribution in [1.29, 1.82) is 0 Å². The Morgan fingerprint density at radius 1 is 1.14 bits per heavy atom. The molecule has 14 heavy (non-hydrogen) atoms. The maximum atomic E-state index is 2.67. The molecule has 3 aliphatic rings. The van der Waals surface area contributed by atoms with Gasteiger partial charge in [-0.3, -0.25) is 4.90 Å². The predicted molar refractivity (Wildman–Crippen MR) is 59.1 cm³/mol. The first-order chi connectivity index (χ1) is 6.95. The van der Waals surface area contributed by atoms with Crippen LogP contribution in [0.2, 0.25) is 0 Å². The third kappa shape index (κ3) is 1.27. The highest BCUT2D eigenvalue weighted by molar-refractivity contribution is 5.54. The molecule has 1 saturated heterocycles. The zero-order valence-electron chi connectivity index (χ0n) is 8.58. The van der Waals surface area contributed by atoms with Gasteiger partial charge < -0.3 is 0 Å². The smallest absolute Gasteiger partial charge is 0.0388 e. The lowest BCUT2D eigenvalue weighted by molar-refractivity contribution is 0.190. The molecule has 0 amide bonds. The van der Waals surface area contributed by atoms with Crippen molar-refractivity contribution in [3.05, 3.63) is 35.5 Å². The average molecular weight is 187 g/mol. The van der Waals surface area contributed by atoms with Crippen LogP contribution >= 0.6 is 0 Å². The van der Waals surface area contributed by atoms with E-state index in [1.54, 1.807) is 5.57 Å². The third-order valence-corrected chi connectivity index (χ3v) is 3.64. The maximum Gasteiger partial charge on any atom is 0.0388 e. The molecule has 2 aliphatic carbocycles. The number of allylic oxidation sites excluding steroid dienone is 3. The Labute approximate surface area is 85.8 Å². The first kappa shape index (κ1) is 8.49. The van der Waals surface area contributed by atoms with Gasteiger partial charge in [0.1, 0.15) is 0 Å². The first-order valence-electron chi connectivity index (χ1n) is 5.78. The van der Waals surface area contributed by atoms with E-state index in [4.69, 9.17) is 0 Å². The second-order valence-electron chi connectivity index (χ2n) is 4.49. The zero-order chi connectivity index (χ0) is 9.38. The molecule has 0 spiro atoms. The van der Waals surface area contributed by atoms with Crippen LogP contribution < -0.4 is 0 Å². The van der Waals surface area contributed by atoms with Crippen molar-refractivity contribution in [3.8, 4) is 0 Å². The van der Waals surface area contributed by atoms with Crippen LogP contribution in [0.25, 0.3) is 0 Å². The van der Waals surface area contributed by atoms with E-state index in [1.807, 2.05) is 0 Å². The monoisotopic (exact) mass is 187 g/mol. The number of hydrogen-bond acceptors (Lipinski definition) is 1. The van der Waals surface area contributed by atoms with Crippen molar-refractivity contribution in [3.63, 3.8) is 0 Å². The van der Waals surface area contributed by atoms with Crippen molar-refractivity contribution in [1.82, 2.24) is 4.90 Å². The molecule has 3 rings (SSSR count). The van der Waals surface area contributed by atoms with Crippen LogP contribution in [-0.4, -0.2) is 24.0 Å². The Hall–Kier alpha value is -0.820. The molecule has 1 aliphatic heterocycles. The highest BCUT2D eigenvalue weighted by Crippen LogP contribution is 2.34. The minimum atomic E-state index is 0.709. The quantitative estimate of drug-likeness (QED) is 0.610. The van der Waals surface area contributed by atoms with Gasteiger partial charge in [-0.1, -0.05) is 30.7 Å². The standard InChI is InChI=1S/C13H17N/c1-2-9-14(10-3-1)13-8-7-11-5-4-6-12(11)13/h4-7,13H,1-3,8-10H2. The van der Waals surface area contributed by atoms with Gasteiger partial charge in [-0.25, -0.2) is 0 Å². The molecular weight excluding hydrogens is 170 g/mol. The molecule has 1 fully saturated rings. The van der Waals surface area contributed by atoms with Gasteiger partial charge in [0.25, 0.3) is 0 Å². The minimum absolute atomic E-state index is 0.709. The Morgan fingerprint density at radius 3 is 2.86 bits per heavy atom. The van der Waals surface area contributed by atoms with Crippen molar-refractivity contribution in [2.24, 2.45) is 0 Å². The van der Waals surface area contributed by atoms with Gasteiger partial charge in [0, 0.05) is 6.04 Å². The Balaban J connectivity index is 1.75. The highest BCUT2D eigenvalue weighted by atomic mass is 15.2. The molecule has 0 aromatic carbocycles. The lowest BCUT2D eigenvalue weighted by Gasteiger charge is -2.33. The summed E-state index contributed by atoms with van der Waals surface area (Å²) in [6, 6.07) is 0.709. The number of fused-ring (bicyclic) bond motifs is 1. The summed E-state index contributed by atoms with van der Waals surface area (Å²) < 4.78 is 0. The van der Waals surface area contributed by atoms with Crippen molar-refractivity contribution in [2.75, 3.05) is 13.1 Å². The number of piperidine rings is 1. The number of rotatable bonds is 1. The van der Waals surface area contributed by atoms with E-state index in [2.05, 4.69) is 29.2 Å². The van der Waals surface area contributed by atoms with Crippen LogP contribution in [0.4, 0.5) is 0 Å². The van der Waals surface area contributed by atoms with Crippen molar-refractivity contribution in [2.45, 2.75) is 31.7 Å². The molecule has 1 heterocycles. The SMILES string of the molecule is C1=CC2=CCC(N3CCCCC3)C2=C1. The summed E-state index contributed by atoms with van der Waals surface area (Å²) in [7, 11) is 0. The van der Waals surface area contributed by atoms with Crippen LogP contribution in [0.5, 0.6) is 0 Å². The van der Waals surface area contributed by atoms with E-state index in [0.717, 1.165) is 0 Å². The lowest BCUT2D eigenvalue weighted by Crippen LogP contribution is -2.38. The first-order valence-corrected chi connectivity index (χ1v) is 5.78. The molecule has 74 valence electrons. The second-order valence-corrected chi connectivity index (χ2v) is 4.49. The molecule has 1 heteroatoms. The van der Waals surface area contributed by atoms with E-state index in [-0.39, 0.29) is 0 Å². The summed E-state index contributed by atoms with van der Waals surface area (Å²) in [5.41, 5.74) is 3.06. The summed E-state index contributed by atoms with van der Waals surface area (Å²) >= 11 is 0. The van der Waals surface area contributed by atoms with Gasteiger partial charge in [0.15, 0.2) is 0 Å².